The molecule has 0 fully saturated rings. The third-order valence-corrected chi connectivity index (χ3v) is 2.10. The predicted octanol–water partition coefficient (Wildman–Crippen LogP) is 1.92. The van der Waals surface area contributed by atoms with Crippen LogP contribution >= 0.6 is 11.6 Å². The molecule has 4 nitrogen and oxygen atoms in total. The molecule has 5 heteroatoms. The smallest absolute Gasteiger partial charge is 0.252 e. The quantitative estimate of drug-likeness (QED) is 0.826. The second-order valence-electron chi connectivity index (χ2n) is 2.94. The zero-order chi connectivity index (χ0) is 11.3. The van der Waals surface area contributed by atoms with E-state index in [0.717, 1.165) is 6.54 Å². The van der Waals surface area contributed by atoms with Crippen molar-refractivity contribution >= 4 is 23.3 Å². The molecule has 0 aromatic carbocycles. The number of hydrogen-bond acceptors (Lipinski definition) is 3. The lowest BCUT2D eigenvalue weighted by Crippen LogP contribution is -2.23. The van der Waals surface area contributed by atoms with E-state index in [0.29, 0.717) is 22.9 Å². The maximum absolute atomic E-state index is 11.6. The molecule has 1 rings (SSSR count). The van der Waals surface area contributed by atoms with Gasteiger partial charge in [0.1, 0.15) is 5.82 Å². The number of rotatable bonds is 4. The average molecular weight is 228 g/mol. The van der Waals surface area contributed by atoms with Gasteiger partial charge in [0.2, 0.25) is 0 Å². The minimum Gasteiger partial charge on any atom is -0.370 e. The lowest BCUT2D eigenvalue weighted by Gasteiger charge is -2.07. The molecule has 0 radical (unpaired) electrons. The second-order valence-corrected chi connectivity index (χ2v) is 3.35. The van der Waals surface area contributed by atoms with E-state index in [9.17, 15) is 4.79 Å². The number of aromatic nitrogens is 1. The Morgan fingerprint density at radius 2 is 2.20 bits per heavy atom. The van der Waals surface area contributed by atoms with Gasteiger partial charge in [-0.25, -0.2) is 4.98 Å². The minimum atomic E-state index is -0.177. The molecule has 0 atom stereocenters. The monoisotopic (exact) mass is 227 g/mol. The molecular weight excluding hydrogens is 214 g/mol. The second kappa shape index (κ2) is 5.56. The maximum atomic E-state index is 11.6. The Hall–Kier alpha value is -1.29. The fourth-order valence-corrected chi connectivity index (χ4v) is 1.34. The summed E-state index contributed by atoms with van der Waals surface area (Å²) in [5.74, 6) is 0.479. The van der Waals surface area contributed by atoms with Gasteiger partial charge in [-0.15, -0.1) is 0 Å². The summed E-state index contributed by atoms with van der Waals surface area (Å²) in [5.41, 5.74) is 0.449. The minimum absolute atomic E-state index is 0.177. The molecule has 0 saturated carbocycles. The molecule has 1 aromatic heterocycles. The Morgan fingerprint density at radius 3 is 2.80 bits per heavy atom. The number of hydrogen-bond donors (Lipinski definition) is 2. The first-order valence-electron chi connectivity index (χ1n) is 4.86. The lowest BCUT2D eigenvalue weighted by molar-refractivity contribution is 0.0956. The molecule has 0 spiro atoms. The predicted molar refractivity (Wildman–Crippen MR) is 61.4 cm³/mol. The van der Waals surface area contributed by atoms with Crippen molar-refractivity contribution in [2.24, 2.45) is 0 Å². The van der Waals surface area contributed by atoms with E-state index in [-0.39, 0.29) is 5.91 Å². The van der Waals surface area contributed by atoms with Crippen LogP contribution in [0.2, 0.25) is 5.02 Å². The number of pyridine rings is 1. The summed E-state index contributed by atoms with van der Waals surface area (Å²) < 4.78 is 0. The number of halogens is 1. The van der Waals surface area contributed by atoms with Crippen LogP contribution in [0.15, 0.2) is 12.3 Å². The normalized spacial score (nSPS) is 9.80. The van der Waals surface area contributed by atoms with Crippen molar-refractivity contribution in [3.8, 4) is 0 Å². The standard InChI is InChI=1S/C10H14ClN3O/c1-3-12-9-5-7(8(11)6-14-9)10(15)13-4-2/h5-6H,3-4H2,1-2H3,(H,12,14)(H,13,15). The van der Waals surface area contributed by atoms with Crippen molar-refractivity contribution in [3.05, 3.63) is 22.8 Å². The summed E-state index contributed by atoms with van der Waals surface area (Å²) >= 11 is 5.88. The fraction of sp³-hybridized carbons (Fsp3) is 0.400. The van der Waals surface area contributed by atoms with Gasteiger partial charge in [0.25, 0.3) is 5.91 Å². The van der Waals surface area contributed by atoms with Crippen molar-refractivity contribution in [1.82, 2.24) is 10.3 Å². The highest BCUT2D eigenvalue weighted by atomic mass is 35.5. The van der Waals surface area contributed by atoms with Crippen LogP contribution in [-0.2, 0) is 0 Å². The van der Waals surface area contributed by atoms with Crippen LogP contribution in [0.25, 0.3) is 0 Å². The van der Waals surface area contributed by atoms with Gasteiger partial charge in [-0.2, -0.15) is 0 Å². The van der Waals surface area contributed by atoms with E-state index in [2.05, 4.69) is 15.6 Å². The van der Waals surface area contributed by atoms with Gasteiger partial charge in [0.15, 0.2) is 0 Å². The molecule has 0 unspecified atom stereocenters. The molecule has 2 N–H and O–H groups in total. The van der Waals surface area contributed by atoms with Crippen molar-refractivity contribution in [2.45, 2.75) is 13.8 Å². The molecule has 0 saturated heterocycles. The molecule has 0 aliphatic carbocycles. The fourth-order valence-electron chi connectivity index (χ4n) is 1.15. The molecule has 15 heavy (non-hydrogen) atoms. The summed E-state index contributed by atoms with van der Waals surface area (Å²) in [5, 5.41) is 6.08. The summed E-state index contributed by atoms with van der Waals surface area (Å²) in [4.78, 5) is 15.6. The van der Waals surface area contributed by atoms with Gasteiger partial charge >= 0.3 is 0 Å². The molecular formula is C10H14ClN3O. The van der Waals surface area contributed by atoms with Gasteiger partial charge in [-0.05, 0) is 19.9 Å². The van der Waals surface area contributed by atoms with Gasteiger partial charge in [0.05, 0.1) is 10.6 Å². The maximum Gasteiger partial charge on any atom is 0.252 e. The summed E-state index contributed by atoms with van der Waals surface area (Å²) in [6.45, 7) is 5.15. The van der Waals surface area contributed by atoms with E-state index in [1.54, 1.807) is 6.07 Å². The lowest BCUT2D eigenvalue weighted by atomic mass is 10.2. The van der Waals surface area contributed by atoms with Gasteiger partial charge < -0.3 is 10.6 Å². The highest BCUT2D eigenvalue weighted by Crippen LogP contribution is 2.17. The topological polar surface area (TPSA) is 54.0 Å². The largest absolute Gasteiger partial charge is 0.370 e. The molecule has 0 bridgehead atoms. The Bertz CT molecular complexity index is 355. The number of nitrogens with one attached hydrogen (secondary N) is 2. The molecule has 1 heterocycles. The first-order chi connectivity index (χ1) is 7.19. The van der Waals surface area contributed by atoms with Crippen molar-refractivity contribution in [2.75, 3.05) is 18.4 Å². The number of amides is 1. The van der Waals surface area contributed by atoms with Crippen LogP contribution in [-0.4, -0.2) is 24.0 Å². The molecule has 0 aliphatic rings. The number of nitrogens with zero attached hydrogens (tertiary/aromatic N) is 1. The van der Waals surface area contributed by atoms with E-state index in [1.807, 2.05) is 13.8 Å². The Morgan fingerprint density at radius 1 is 1.47 bits per heavy atom. The van der Waals surface area contributed by atoms with Crippen LogP contribution in [0.1, 0.15) is 24.2 Å². The highest BCUT2D eigenvalue weighted by Gasteiger charge is 2.10. The van der Waals surface area contributed by atoms with Gasteiger partial charge in [-0.3, -0.25) is 4.79 Å². The van der Waals surface area contributed by atoms with Crippen LogP contribution in [0.4, 0.5) is 5.82 Å². The Balaban J connectivity index is 2.94. The highest BCUT2D eigenvalue weighted by molar-refractivity contribution is 6.33. The Kier molecular flexibility index (Phi) is 4.37. The zero-order valence-electron chi connectivity index (χ0n) is 8.80. The Labute approximate surface area is 94.0 Å². The van der Waals surface area contributed by atoms with Crippen LogP contribution in [0.5, 0.6) is 0 Å². The number of anilines is 1. The van der Waals surface area contributed by atoms with E-state index in [4.69, 9.17) is 11.6 Å². The first-order valence-corrected chi connectivity index (χ1v) is 5.24. The third kappa shape index (κ3) is 3.09. The summed E-state index contributed by atoms with van der Waals surface area (Å²) in [6.07, 6.45) is 1.48. The van der Waals surface area contributed by atoms with Crippen molar-refractivity contribution in [1.29, 1.82) is 0 Å². The summed E-state index contributed by atoms with van der Waals surface area (Å²) in [6, 6.07) is 1.65. The van der Waals surface area contributed by atoms with Gasteiger partial charge in [0, 0.05) is 19.3 Å². The molecule has 1 amide bonds. The van der Waals surface area contributed by atoms with Crippen molar-refractivity contribution < 1.29 is 4.79 Å². The van der Waals surface area contributed by atoms with Crippen LogP contribution in [0, 0.1) is 0 Å². The van der Waals surface area contributed by atoms with E-state index < -0.39 is 0 Å². The number of carbonyl (C=O) groups is 1. The van der Waals surface area contributed by atoms with Gasteiger partial charge in [-0.1, -0.05) is 11.6 Å². The third-order valence-electron chi connectivity index (χ3n) is 1.80. The zero-order valence-corrected chi connectivity index (χ0v) is 9.56. The van der Waals surface area contributed by atoms with Crippen LogP contribution < -0.4 is 10.6 Å². The first kappa shape index (κ1) is 11.8. The van der Waals surface area contributed by atoms with Crippen molar-refractivity contribution in [3.63, 3.8) is 0 Å². The van der Waals surface area contributed by atoms with E-state index in [1.165, 1.54) is 6.20 Å². The SMILES string of the molecule is CCNC(=O)c1cc(NCC)ncc1Cl. The molecule has 1 aromatic rings. The summed E-state index contributed by atoms with van der Waals surface area (Å²) in [7, 11) is 0. The average Bonchev–Trinajstić information content (AvgIpc) is 2.21. The van der Waals surface area contributed by atoms with Crippen LogP contribution in [0.3, 0.4) is 0 Å². The van der Waals surface area contributed by atoms with E-state index >= 15 is 0 Å². The molecule has 0 aliphatic heterocycles. The number of carbonyl (C=O) groups excluding carboxylic acids is 1. The molecule has 82 valence electrons.